The van der Waals surface area contributed by atoms with Crippen LogP contribution in [0.25, 0.3) is 21.3 Å². The zero-order valence-corrected chi connectivity index (χ0v) is 16.0. The van der Waals surface area contributed by atoms with Crippen LogP contribution in [0.4, 0.5) is 0 Å². The lowest BCUT2D eigenvalue weighted by Gasteiger charge is -2.27. The van der Waals surface area contributed by atoms with Crippen molar-refractivity contribution in [2.24, 2.45) is 0 Å². The van der Waals surface area contributed by atoms with Crippen LogP contribution < -0.4 is 5.56 Å². The molecule has 1 fully saturated rings. The van der Waals surface area contributed by atoms with E-state index in [9.17, 15) is 4.79 Å². The summed E-state index contributed by atoms with van der Waals surface area (Å²) in [6.45, 7) is 4.29. The highest BCUT2D eigenvalue weighted by Crippen LogP contribution is 2.36. The van der Waals surface area contributed by atoms with E-state index in [2.05, 4.69) is 36.0 Å². The lowest BCUT2D eigenvalue weighted by molar-refractivity contribution is 0.282. The van der Waals surface area contributed by atoms with Crippen LogP contribution in [0.5, 0.6) is 0 Å². The monoisotopic (exact) mass is 371 g/mol. The van der Waals surface area contributed by atoms with Gasteiger partial charge in [-0.15, -0.1) is 11.3 Å². The third kappa shape index (κ3) is 3.38. The Kier molecular flexibility index (Phi) is 4.67. The molecular weight excluding hydrogens is 350 g/mol. The topological polar surface area (TPSA) is 49.0 Å². The molecular formula is C19H21N3OS2. The molecule has 4 nitrogen and oxygen atoms in total. The molecule has 0 saturated carbocycles. The van der Waals surface area contributed by atoms with Gasteiger partial charge >= 0.3 is 0 Å². The molecule has 1 aromatic carbocycles. The number of thioether (sulfide) groups is 1. The van der Waals surface area contributed by atoms with E-state index < -0.39 is 0 Å². The van der Waals surface area contributed by atoms with Crippen LogP contribution in [-0.4, -0.2) is 40.3 Å². The molecule has 130 valence electrons. The van der Waals surface area contributed by atoms with Crippen molar-refractivity contribution in [3.63, 3.8) is 0 Å². The number of benzene rings is 1. The Morgan fingerprint density at radius 1 is 1.24 bits per heavy atom. The average molecular weight is 372 g/mol. The first-order valence-corrected chi connectivity index (χ1v) is 10.3. The zero-order chi connectivity index (χ0) is 17.4. The predicted octanol–water partition coefficient (Wildman–Crippen LogP) is 4.15. The van der Waals surface area contributed by atoms with Crippen molar-refractivity contribution in [3.05, 3.63) is 45.6 Å². The average Bonchev–Trinajstić information content (AvgIpc) is 2.94. The molecule has 1 aliphatic rings. The highest BCUT2D eigenvalue weighted by molar-refractivity contribution is 7.99. The maximum absolute atomic E-state index is 12.8. The number of fused-ring (bicyclic) bond motifs is 1. The third-order valence-electron chi connectivity index (χ3n) is 4.72. The number of hydrogen-bond acceptors (Lipinski definition) is 5. The Balaban J connectivity index is 1.71. The van der Waals surface area contributed by atoms with Gasteiger partial charge in [0.15, 0.2) is 5.16 Å². The molecule has 0 amide bonds. The van der Waals surface area contributed by atoms with Crippen molar-refractivity contribution in [1.82, 2.24) is 14.9 Å². The Hall–Kier alpha value is -1.63. The fraction of sp³-hybridized carbons (Fsp3) is 0.368. The number of nitrogens with zero attached hydrogens (tertiary/aromatic N) is 2. The maximum Gasteiger partial charge on any atom is 0.260 e. The number of aryl methyl sites for hydroxylation is 1. The summed E-state index contributed by atoms with van der Waals surface area (Å²) in [5, 5.41) is 2.01. The molecule has 1 N–H and O–H groups in total. The number of nitrogens with one attached hydrogen (secondary N) is 1. The molecule has 25 heavy (non-hydrogen) atoms. The minimum atomic E-state index is -0.0244. The molecule has 0 bridgehead atoms. The standard InChI is InChI=1S/C19H21N3OS2/c1-12-15(13-6-4-3-5-7-13)16-17(23)20-19(21-18(16)24-12)25-14-8-10-22(2)11-9-14/h3-7,14H,8-11H2,1-2H3,(H,20,21,23). The molecule has 4 rings (SSSR count). The largest absolute Gasteiger partial charge is 0.306 e. The van der Waals surface area contributed by atoms with Gasteiger partial charge in [0.1, 0.15) is 4.83 Å². The first kappa shape index (κ1) is 16.8. The number of piperidine rings is 1. The lowest BCUT2D eigenvalue weighted by atomic mass is 10.0. The van der Waals surface area contributed by atoms with Crippen LogP contribution in [0.1, 0.15) is 17.7 Å². The number of likely N-dealkylation sites (tertiary alicyclic amines) is 1. The van der Waals surface area contributed by atoms with E-state index in [0.29, 0.717) is 5.25 Å². The second kappa shape index (κ2) is 6.94. The zero-order valence-electron chi connectivity index (χ0n) is 14.4. The summed E-state index contributed by atoms with van der Waals surface area (Å²) >= 11 is 3.33. The summed E-state index contributed by atoms with van der Waals surface area (Å²) < 4.78 is 0. The summed E-state index contributed by atoms with van der Waals surface area (Å²) in [5.74, 6) is 0. The van der Waals surface area contributed by atoms with Gasteiger partial charge in [-0.25, -0.2) is 4.98 Å². The van der Waals surface area contributed by atoms with Gasteiger partial charge in [-0.2, -0.15) is 0 Å². The minimum absolute atomic E-state index is 0.0244. The Morgan fingerprint density at radius 3 is 2.68 bits per heavy atom. The van der Waals surface area contributed by atoms with E-state index in [4.69, 9.17) is 4.98 Å². The molecule has 3 heterocycles. The normalized spacial score (nSPS) is 16.6. The van der Waals surface area contributed by atoms with Gasteiger partial charge in [-0.3, -0.25) is 4.79 Å². The fourth-order valence-electron chi connectivity index (χ4n) is 3.37. The van der Waals surface area contributed by atoms with Crippen LogP contribution in [0.3, 0.4) is 0 Å². The van der Waals surface area contributed by atoms with Crippen molar-refractivity contribution in [2.45, 2.75) is 30.2 Å². The first-order chi connectivity index (χ1) is 12.1. The molecule has 2 aromatic heterocycles. The molecule has 0 atom stereocenters. The smallest absolute Gasteiger partial charge is 0.260 e. The van der Waals surface area contributed by atoms with E-state index in [0.717, 1.165) is 57.3 Å². The number of thiophene rings is 1. The second-order valence-corrected chi connectivity index (χ2v) is 9.06. The molecule has 0 spiro atoms. The summed E-state index contributed by atoms with van der Waals surface area (Å²) in [7, 11) is 2.16. The predicted molar refractivity (Wildman–Crippen MR) is 107 cm³/mol. The summed E-state index contributed by atoms with van der Waals surface area (Å²) in [6.07, 6.45) is 2.28. The number of rotatable bonds is 3. The van der Waals surface area contributed by atoms with Crippen molar-refractivity contribution in [1.29, 1.82) is 0 Å². The highest BCUT2D eigenvalue weighted by atomic mass is 32.2. The number of hydrogen-bond donors (Lipinski definition) is 1. The minimum Gasteiger partial charge on any atom is -0.306 e. The van der Waals surface area contributed by atoms with E-state index in [1.165, 1.54) is 0 Å². The van der Waals surface area contributed by atoms with Gasteiger partial charge in [0.25, 0.3) is 5.56 Å². The summed E-state index contributed by atoms with van der Waals surface area (Å²) in [5.41, 5.74) is 2.07. The SMILES string of the molecule is Cc1sc2nc(SC3CCN(C)CC3)[nH]c(=O)c2c1-c1ccccc1. The Bertz CT molecular complexity index is 940. The summed E-state index contributed by atoms with van der Waals surface area (Å²) in [4.78, 5) is 24.9. The Morgan fingerprint density at radius 2 is 1.96 bits per heavy atom. The van der Waals surface area contributed by atoms with Crippen LogP contribution in [0, 0.1) is 6.92 Å². The number of aromatic amines is 1. The summed E-state index contributed by atoms with van der Waals surface area (Å²) in [6, 6.07) is 10.1. The Labute approximate surface area is 155 Å². The van der Waals surface area contributed by atoms with Gasteiger partial charge < -0.3 is 9.88 Å². The quantitative estimate of drug-likeness (QED) is 0.703. The van der Waals surface area contributed by atoms with Crippen molar-refractivity contribution < 1.29 is 0 Å². The highest BCUT2D eigenvalue weighted by Gasteiger charge is 2.21. The van der Waals surface area contributed by atoms with E-state index in [1.54, 1.807) is 23.1 Å². The molecule has 1 saturated heterocycles. The van der Waals surface area contributed by atoms with Crippen molar-refractivity contribution in [3.8, 4) is 11.1 Å². The van der Waals surface area contributed by atoms with Gasteiger partial charge in [0, 0.05) is 15.7 Å². The number of H-pyrrole nitrogens is 1. The number of aromatic nitrogens is 2. The first-order valence-electron chi connectivity index (χ1n) is 8.56. The van der Waals surface area contributed by atoms with Crippen LogP contribution in [-0.2, 0) is 0 Å². The molecule has 6 heteroatoms. The van der Waals surface area contributed by atoms with Crippen LogP contribution >= 0.6 is 23.1 Å². The maximum atomic E-state index is 12.8. The molecule has 1 aliphatic heterocycles. The van der Waals surface area contributed by atoms with Gasteiger partial charge in [0.05, 0.1) is 5.39 Å². The lowest BCUT2D eigenvalue weighted by Crippen LogP contribution is -2.31. The van der Waals surface area contributed by atoms with E-state index in [-0.39, 0.29) is 5.56 Å². The molecule has 0 radical (unpaired) electrons. The second-order valence-electron chi connectivity index (χ2n) is 6.57. The molecule has 0 aliphatic carbocycles. The van der Waals surface area contributed by atoms with Gasteiger partial charge in [0.2, 0.25) is 0 Å². The van der Waals surface area contributed by atoms with Crippen molar-refractivity contribution in [2.75, 3.05) is 20.1 Å². The molecule has 0 unspecified atom stereocenters. The van der Waals surface area contributed by atoms with Crippen molar-refractivity contribution >= 4 is 33.3 Å². The van der Waals surface area contributed by atoms with Crippen LogP contribution in [0.2, 0.25) is 0 Å². The fourth-order valence-corrected chi connectivity index (χ4v) is 5.53. The third-order valence-corrected chi connectivity index (χ3v) is 6.94. The van der Waals surface area contributed by atoms with E-state index in [1.807, 2.05) is 18.2 Å². The molecule has 3 aromatic rings. The van der Waals surface area contributed by atoms with Crippen LogP contribution in [0.15, 0.2) is 40.3 Å². The van der Waals surface area contributed by atoms with Gasteiger partial charge in [-0.1, -0.05) is 42.1 Å². The van der Waals surface area contributed by atoms with Gasteiger partial charge in [-0.05, 0) is 45.5 Å². The van der Waals surface area contributed by atoms with E-state index >= 15 is 0 Å².